The number of aromatic nitrogens is 1. The Kier molecular flexibility index (Phi) is 19.9. The molecule has 0 aliphatic heterocycles. The van der Waals surface area contributed by atoms with E-state index in [2.05, 4.69) is 10.6 Å². The van der Waals surface area contributed by atoms with Gasteiger partial charge in [0.05, 0.1) is 16.6 Å². The molecule has 356 valence electrons. The van der Waals surface area contributed by atoms with Gasteiger partial charge in [0.2, 0.25) is 0 Å². The van der Waals surface area contributed by atoms with E-state index in [1.165, 1.54) is 0 Å². The van der Waals surface area contributed by atoms with Gasteiger partial charge in [0.25, 0.3) is 5.91 Å². The number of unbranched alkanes of at least 4 members (excludes halogenated alkanes) is 3. The second-order valence-electron chi connectivity index (χ2n) is 20.1. The van der Waals surface area contributed by atoms with Gasteiger partial charge < -0.3 is 44.3 Å². The lowest BCUT2D eigenvalue weighted by Gasteiger charge is -2.30. The fourth-order valence-electron chi connectivity index (χ4n) is 6.67. The average Bonchev–Trinajstić information content (AvgIpc) is 3.16. The van der Waals surface area contributed by atoms with Crippen molar-refractivity contribution in [3.8, 4) is 0 Å². The van der Waals surface area contributed by atoms with Crippen molar-refractivity contribution < 1.29 is 42.9 Å². The summed E-state index contributed by atoms with van der Waals surface area (Å²) >= 11 is 0. The highest BCUT2D eigenvalue weighted by Gasteiger charge is 2.26. The molecule has 3 rings (SSSR count). The van der Waals surface area contributed by atoms with Crippen LogP contribution in [0.2, 0.25) is 0 Å². The Morgan fingerprint density at radius 2 is 0.812 bits per heavy atom. The lowest BCUT2D eigenvalue weighted by atomic mass is 10.0. The first-order valence-corrected chi connectivity index (χ1v) is 22.8. The molecule has 0 atom stereocenters. The molecular formula is C49H76N6O9. The fourth-order valence-corrected chi connectivity index (χ4v) is 6.67. The Morgan fingerprint density at radius 1 is 0.453 bits per heavy atom. The van der Waals surface area contributed by atoms with Crippen LogP contribution < -0.4 is 10.6 Å². The fraction of sp³-hybridized carbons (Fsp3) is 0.633. The topological polar surface area (TPSA) is 169 Å². The van der Waals surface area contributed by atoms with Crippen LogP contribution in [0.3, 0.4) is 0 Å². The smallest absolute Gasteiger partial charge is 0.410 e. The normalized spacial score (nSPS) is 12.1. The van der Waals surface area contributed by atoms with Crippen molar-refractivity contribution in [2.24, 2.45) is 0 Å². The van der Waals surface area contributed by atoms with Crippen molar-refractivity contribution in [1.82, 2.24) is 30.3 Å². The number of fused-ring (bicyclic) bond motifs is 2. The molecule has 2 aromatic carbocycles. The molecule has 2 N–H and O–H groups in total. The number of hydrogen-bond acceptors (Lipinski definition) is 10. The molecule has 0 saturated carbocycles. The zero-order valence-electron chi connectivity index (χ0n) is 40.7. The third-order valence-corrected chi connectivity index (χ3v) is 9.40. The highest BCUT2D eigenvalue weighted by atomic mass is 16.6. The second kappa shape index (κ2) is 24.1. The van der Waals surface area contributed by atoms with Crippen LogP contribution in [0, 0.1) is 0 Å². The summed E-state index contributed by atoms with van der Waals surface area (Å²) in [7, 11) is 0. The zero-order chi connectivity index (χ0) is 47.7. The van der Waals surface area contributed by atoms with E-state index in [4.69, 9.17) is 23.9 Å². The van der Waals surface area contributed by atoms with E-state index in [1.807, 2.05) is 111 Å². The summed E-state index contributed by atoms with van der Waals surface area (Å²) < 4.78 is 22.5. The number of carbonyl (C=O) groups excluding carboxylic acids is 5. The van der Waals surface area contributed by atoms with Gasteiger partial charge in [-0.1, -0.05) is 36.4 Å². The van der Waals surface area contributed by atoms with Gasteiger partial charge >= 0.3 is 24.4 Å². The van der Waals surface area contributed by atoms with Crippen molar-refractivity contribution in [2.45, 2.75) is 150 Å². The lowest BCUT2D eigenvalue weighted by molar-refractivity contribution is 0.0180. The second-order valence-corrected chi connectivity index (χ2v) is 20.1. The van der Waals surface area contributed by atoms with Crippen LogP contribution in [0.1, 0.15) is 138 Å². The third kappa shape index (κ3) is 20.0. The van der Waals surface area contributed by atoms with E-state index in [0.29, 0.717) is 90.0 Å². The van der Waals surface area contributed by atoms with Gasteiger partial charge in [-0.05, 0) is 140 Å². The Bertz CT molecular complexity index is 1940. The Balaban J connectivity index is 1.57. The molecule has 1 aromatic heterocycles. The van der Waals surface area contributed by atoms with Crippen LogP contribution >= 0.6 is 0 Å². The first-order valence-electron chi connectivity index (χ1n) is 22.8. The van der Waals surface area contributed by atoms with E-state index in [-0.39, 0.29) is 5.91 Å². The number of hydrogen-bond donors (Lipinski definition) is 2. The maximum atomic E-state index is 13.5. The van der Waals surface area contributed by atoms with Gasteiger partial charge in [-0.25, -0.2) is 24.2 Å². The van der Waals surface area contributed by atoms with Crippen molar-refractivity contribution in [2.75, 3.05) is 52.4 Å². The minimum atomic E-state index is -0.710. The number of carbonyl (C=O) groups is 5. The van der Waals surface area contributed by atoms with Gasteiger partial charge in [-0.3, -0.25) is 4.79 Å². The lowest BCUT2D eigenvalue weighted by Crippen LogP contribution is -2.42. The van der Waals surface area contributed by atoms with Crippen LogP contribution in [-0.4, -0.2) is 125 Å². The van der Waals surface area contributed by atoms with E-state index in [0.717, 1.165) is 34.6 Å². The highest BCUT2D eigenvalue weighted by Crippen LogP contribution is 2.26. The van der Waals surface area contributed by atoms with Crippen molar-refractivity contribution in [3.63, 3.8) is 0 Å². The molecule has 0 unspecified atom stereocenters. The van der Waals surface area contributed by atoms with Crippen LogP contribution in [0.15, 0.2) is 48.5 Å². The number of benzene rings is 2. The number of amides is 5. The Morgan fingerprint density at radius 3 is 1.23 bits per heavy atom. The summed E-state index contributed by atoms with van der Waals surface area (Å²) in [5.74, 6) is -0.148. The number of nitrogens with zero attached hydrogens (tertiary/aromatic N) is 4. The van der Waals surface area contributed by atoms with Crippen LogP contribution in [0.5, 0.6) is 0 Å². The summed E-state index contributed by atoms with van der Waals surface area (Å²) in [4.78, 5) is 75.3. The average molecular weight is 893 g/mol. The van der Waals surface area contributed by atoms with Crippen molar-refractivity contribution in [3.05, 3.63) is 54.1 Å². The predicted molar refractivity (Wildman–Crippen MR) is 252 cm³/mol. The van der Waals surface area contributed by atoms with Crippen LogP contribution in [-0.2, 0) is 18.9 Å². The molecule has 0 radical (unpaired) electrons. The standard InChI is InChI=1S/C49H76N6O9/c1-46(2,3)61-42(57)51-29-22-33-53(43(58)62-47(4,5)6)31-20-21-32-55(45(60)64-49(10,11)12)35-23-34-54(44(59)63-48(7,8)9)30-19-13-18-28-50-41(56)40-36-24-14-16-26-38(36)52-39-27-17-15-25-37(39)40/h14-17,24-27H,13,18-23,28-35H2,1-12H3,(H,50,56)(H,51,57). The predicted octanol–water partition coefficient (Wildman–Crippen LogP) is 10.1. The monoisotopic (exact) mass is 893 g/mol. The zero-order valence-corrected chi connectivity index (χ0v) is 40.7. The summed E-state index contributed by atoms with van der Waals surface area (Å²) in [5, 5.41) is 7.44. The molecule has 3 aromatic rings. The van der Waals surface area contributed by atoms with E-state index in [9.17, 15) is 24.0 Å². The minimum absolute atomic E-state index is 0.148. The molecule has 1 heterocycles. The van der Waals surface area contributed by atoms with E-state index >= 15 is 0 Å². The first-order chi connectivity index (χ1) is 29.8. The quantitative estimate of drug-likeness (QED) is 0.0633. The van der Waals surface area contributed by atoms with Crippen molar-refractivity contribution >= 4 is 52.1 Å². The molecule has 15 nitrogen and oxygen atoms in total. The van der Waals surface area contributed by atoms with E-state index < -0.39 is 46.8 Å². The molecular weight excluding hydrogens is 817 g/mol. The number of alkyl carbamates (subject to hydrolysis) is 1. The molecule has 64 heavy (non-hydrogen) atoms. The van der Waals surface area contributed by atoms with Gasteiger partial charge in [0.1, 0.15) is 22.4 Å². The maximum Gasteiger partial charge on any atom is 0.410 e. The Hall–Kier alpha value is -5.34. The van der Waals surface area contributed by atoms with Gasteiger partial charge in [-0.15, -0.1) is 0 Å². The maximum absolute atomic E-state index is 13.5. The SMILES string of the molecule is CC(C)(C)OC(=O)NCCCN(CCCCN(CCCN(CCCCCNC(=O)c1c2ccccc2nc2ccccc12)C(=O)OC(C)(C)C)C(=O)OC(C)(C)C)C(=O)OC(C)(C)C. The third-order valence-electron chi connectivity index (χ3n) is 9.40. The highest BCUT2D eigenvalue weighted by molar-refractivity contribution is 6.16. The summed E-state index contributed by atoms with van der Waals surface area (Å²) in [6.45, 7) is 24.8. The van der Waals surface area contributed by atoms with Gasteiger partial charge in [0, 0.05) is 63.1 Å². The molecule has 0 saturated heterocycles. The first kappa shape index (κ1) is 53.0. The molecule has 0 bridgehead atoms. The number of rotatable bonds is 20. The van der Waals surface area contributed by atoms with Crippen LogP contribution in [0.4, 0.5) is 19.2 Å². The summed E-state index contributed by atoms with van der Waals surface area (Å²) in [6, 6.07) is 15.3. The largest absolute Gasteiger partial charge is 0.444 e. The number of para-hydroxylation sites is 2. The van der Waals surface area contributed by atoms with Crippen molar-refractivity contribution in [1.29, 1.82) is 0 Å². The summed E-state index contributed by atoms with van der Waals surface area (Å²) in [6.07, 6.45) is 2.46. The van der Waals surface area contributed by atoms with Gasteiger partial charge in [-0.2, -0.15) is 0 Å². The minimum Gasteiger partial charge on any atom is -0.444 e. The number of nitrogens with one attached hydrogen (secondary N) is 2. The molecule has 0 aliphatic carbocycles. The van der Waals surface area contributed by atoms with E-state index in [1.54, 1.807) is 35.5 Å². The molecule has 0 aliphatic rings. The number of pyridine rings is 1. The van der Waals surface area contributed by atoms with Gasteiger partial charge in [0.15, 0.2) is 0 Å². The Labute approximate surface area is 381 Å². The molecule has 0 fully saturated rings. The molecule has 5 amide bonds. The molecule has 0 spiro atoms. The summed E-state index contributed by atoms with van der Waals surface area (Å²) in [5.41, 5.74) is -0.552. The van der Waals surface area contributed by atoms with Crippen LogP contribution in [0.25, 0.3) is 21.8 Å². The number of ether oxygens (including phenoxy) is 4. The molecule has 15 heteroatoms.